The highest BCUT2D eigenvalue weighted by Crippen LogP contribution is 2.35. The minimum atomic E-state index is 1.27. The van der Waals surface area contributed by atoms with Crippen LogP contribution in [0.4, 0.5) is 0 Å². The second kappa shape index (κ2) is 2.89. The summed E-state index contributed by atoms with van der Waals surface area (Å²) in [5.41, 5.74) is 0. The summed E-state index contributed by atoms with van der Waals surface area (Å²) in [5.74, 6) is 2.53. The van der Waals surface area contributed by atoms with Gasteiger partial charge >= 0.3 is 0 Å². The Morgan fingerprint density at radius 2 is 1.40 bits per heavy atom. The van der Waals surface area contributed by atoms with Crippen molar-refractivity contribution in [3.8, 4) is 0 Å². The molecule has 0 N–H and O–H groups in total. The number of benzene rings is 1. The van der Waals surface area contributed by atoms with E-state index in [4.69, 9.17) is 0 Å². The van der Waals surface area contributed by atoms with Crippen LogP contribution in [0.15, 0.2) is 34.1 Å². The molecule has 1 aromatic rings. The molecule has 0 amide bonds. The molecule has 0 aliphatic carbocycles. The second-order valence-electron chi connectivity index (χ2n) is 2.14. The highest BCUT2D eigenvalue weighted by molar-refractivity contribution is 8.05. The number of thioether (sulfide) groups is 2. The molecule has 1 heterocycles. The molecule has 0 bridgehead atoms. The topological polar surface area (TPSA) is 0 Å². The van der Waals surface area contributed by atoms with Crippen molar-refractivity contribution in [1.29, 1.82) is 0 Å². The largest absolute Gasteiger partial charge is 0.124 e. The first-order chi connectivity index (χ1) is 4.97. The lowest BCUT2D eigenvalue weighted by molar-refractivity contribution is 1.22. The molecule has 0 saturated carbocycles. The van der Waals surface area contributed by atoms with Crippen LogP contribution in [0.1, 0.15) is 0 Å². The van der Waals surface area contributed by atoms with Gasteiger partial charge in [-0.15, -0.1) is 23.5 Å². The van der Waals surface area contributed by atoms with E-state index >= 15 is 0 Å². The molecule has 0 unspecified atom stereocenters. The molecule has 0 radical (unpaired) electrons. The van der Waals surface area contributed by atoms with Crippen molar-refractivity contribution in [1.82, 2.24) is 0 Å². The quantitative estimate of drug-likeness (QED) is 0.584. The van der Waals surface area contributed by atoms with Crippen LogP contribution in [0.2, 0.25) is 0 Å². The van der Waals surface area contributed by atoms with Gasteiger partial charge in [0.2, 0.25) is 0 Å². The van der Waals surface area contributed by atoms with E-state index in [1.807, 2.05) is 23.5 Å². The van der Waals surface area contributed by atoms with Crippen LogP contribution < -0.4 is 0 Å². The standard InChI is InChI=1S/C8H8S2/c1-2-4-8-7(3-1)9-5-6-10-8/h1-4H,5-6H2. The first kappa shape index (κ1) is 6.62. The lowest BCUT2D eigenvalue weighted by Gasteiger charge is -2.12. The van der Waals surface area contributed by atoms with Crippen LogP contribution in [-0.2, 0) is 0 Å². The smallest absolute Gasteiger partial charge is 0.0208 e. The average molecular weight is 168 g/mol. The van der Waals surface area contributed by atoms with E-state index in [1.165, 1.54) is 21.3 Å². The molecule has 1 aliphatic heterocycles. The molecule has 0 saturated heterocycles. The minimum Gasteiger partial charge on any atom is -0.124 e. The highest BCUT2D eigenvalue weighted by Gasteiger charge is 2.07. The first-order valence-electron chi connectivity index (χ1n) is 3.31. The fraction of sp³-hybridized carbons (Fsp3) is 0.250. The van der Waals surface area contributed by atoms with Crippen molar-refractivity contribution in [3.63, 3.8) is 0 Å². The van der Waals surface area contributed by atoms with Crippen molar-refractivity contribution in [3.05, 3.63) is 24.3 Å². The van der Waals surface area contributed by atoms with E-state index in [0.29, 0.717) is 0 Å². The highest BCUT2D eigenvalue weighted by atomic mass is 32.2. The summed E-state index contributed by atoms with van der Waals surface area (Å²) < 4.78 is 0. The van der Waals surface area contributed by atoms with Crippen LogP contribution in [0.5, 0.6) is 0 Å². The van der Waals surface area contributed by atoms with Gasteiger partial charge in [-0.25, -0.2) is 0 Å². The van der Waals surface area contributed by atoms with Gasteiger partial charge in [0.15, 0.2) is 0 Å². The van der Waals surface area contributed by atoms with Gasteiger partial charge < -0.3 is 0 Å². The fourth-order valence-electron chi connectivity index (χ4n) is 0.992. The summed E-state index contributed by atoms with van der Waals surface area (Å²) in [4.78, 5) is 2.91. The Bertz CT molecular complexity index is 207. The molecule has 0 spiro atoms. The Kier molecular flexibility index (Phi) is 1.91. The Labute approximate surface area is 69.4 Å². The van der Waals surface area contributed by atoms with Gasteiger partial charge in [0.25, 0.3) is 0 Å². The molecule has 2 rings (SSSR count). The number of hydrogen-bond acceptors (Lipinski definition) is 2. The van der Waals surface area contributed by atoms with E-state index in [-0.39, 0.29) is 0 Å². The van der Waals surface area contributed by atoms with Crippen LogP contribution in [-0.4, -0.2) is 11.5 Å². The molecule has 1 aliphatic rings. The van der Waals surface area contributed by atoms with Gasteiger partial charge in [-0.05, 0) is 12.1 Å². The monoisotopic (exact) mass is 168 g/mol. The molecule has 0 aromatic heterocycles. The van der Waals surface area contributed by atoms with Crippen LogP contribution in [0, 0.1) is 0 Å². The van der Waals surface area contributed by atoms with Gasteiger partial charge in [0, 0.05) is 21.3 Å². The maximum Gasteiger partial charge on any atom is 0.0208 e. The summed E-state index contributed by atoms with van der Waals surface area (Å²) in [6.45, 7) is 0. The third-order valence-corrected chi connectivity index (χ3v) is 3.99. The Morgan fingerprint density at radius 3 is 1.90 bits per heavy atom. The fourth-order valence-corrected chi connectivity index (χ4v) is 3.22. The van der Waals surface area contributed by atoms with Gasteiger partial charge in [0.05, 0.1) is 0 Å². The molecule has 0 nitrogen and oxygen atoms in total. The van der Waals surface area contributed by atoms with Gasteiger partial charge in [0.1, 0.15) is 0 Å². The number of fused-ring (bicyclic) bond motifs is 1. The SMILES string of the molecule is c1ccc2c(c1)SCCS2. The Morgan fingerprint density at radius 1 is 0.900 bits per heavy atom. The third kappa shape index (κ3) is 1.18. The second-order valence-corrected chi connectivity index (χ2v) is 4.42. The zero-order chi connectivity index (χ0) is 6.81. The minimum absolute atomic E-state index is 1.27. The predicted molar refractivity (Wildman–Crippen MR) is 47.9 cm³/mol. The molecule has 10 heavy (non-hydrogen) atoms. The summed E-state index contributed by atoms with van der Waals surface area (Å²) in [6, 6.07) is 8.62. The van der Waals surface area contributed by atoms with Gasteiger partial charge in [-0.1, -0.05) is 12.1 Å². The third-order valence-electron chi connectivity index (χ3n) is 1.45. The average Bonchev–Trinajstić information content (AvgIpc) is 2.05. The van der Waals surface area contributed by atoms with Gasteiger partial charge in [-0.3, -0.25) is 0 Å². The molecule has 0 atom stereocenters. The lowest BCUT2D eigenvalue weighted by atomic mass is 10.4. The van der Waals surface area contributed by atoms with Crippen molar-refractivity contribution in [2.24, 2.45) is 0 Å². The Hall–Kier alpha value is -0.0800. The van der Waals surface area contributed by atoms with Crippen LogP contribution in [0.3, 0.4) is 0 Å². The normalized spacial score (nSPS) is 16.4. The lowest BCUT2D eigenvalue weighted by Crippen LogP contribution is -1.92. The molecular weight excluding hydrogens is 160 g/mol. The summed E-state index contributed by atoms with van der Waals surface area (Å²) in [7, 11) is 0. The predicted octanol–water partition coefficient (Wildman–Crippen LogP) is 2.88. The van der Waals surface area contributed by atoms with E-state index in [1.54, 1.807) is 0 Å². The maximum absolute atomic E-state index is 2.20. The molecule has 1 aromatic carbocycles. The molecule has 0 fully saturated rings. The number of hydrogen-bond donors (Lipinski definition) is 0. The van der Waals surface area contributed by atoms with Crippen molar-refractivity contribution < 1.29 is 0 Å². The van der Waals surface area contributed by atoms with E-state index in [0.717, 1.165) is 0 Å². The molecule has 52 valence electrons. The number of rotatable bonds is 0. The molecular formula is C8H8S2. The van der Waals surface area contributed by atoms with Crippen molar-refractivity contribution in [2.75, 3.05) is 11.5 Å². The van der Waals surface area contributed by atoms with Gasteiger partial charge in [-0.2, -0.15) is 0 Å². The van der Waals surface area contributed by atoms with E-state index in [9.17, 15) is 0 Å². The Balaban J connectivity index is 2.41. The maximum atomic E-state index is 2.20. The zero-order valence-corrected chi connectivity index (χ0v) is 7.17. The summed E-state index contributed by atoms with van der Waals surface area (Å²) >= 11 is 3.94. The van der Waals surface area contributed by atoms with Crippen molar-refractivity contribution >= 4 is 23.5 Å². The summed E-state index contributed by atoms with van der Waals surface area (Å²) in [6.07, 6.45) is 0. The van der Waals surface area contributed by atoms with E-state index in [2.05, 4.69) is 24.3 Å². The van der Waals surface area contributed by atoms with Crippen molar-refractivity contribution in [2.45, 2.75) is 9.79 Å². The van der Waals surface area contributed by atoms with Crippen LogP contribution >= 0.6 is 23.5 Å². The van der Waals surface area contributed by atoms with E-state index < -0.39 is 0 Å². The van der Waals surface area contributed by atoms with Crippen LogP contribution in [0.25, 0.3) is 0 Å². The zero-order valence-electron chi connectivity index (χ0n) is 5.54. The first-order valence-corrected chi connectivity index (χ1v) is 5.28. The molecule has 2 heteroatoms. The summed E-state index contributed by atoms with van der Waals surface area (Å²) in [5, 5.41) is 0.